The summed E-state index contributed by atoms with van der Waals surface area (Å²) in [6.45, 7) is 1.76. The van der Waals surface area contributed by atoms with Crippen molar-refractivity contribution in [3.8, 4) is 6.07 Å². The Kier molecular flexibility index (Phi) is 4.11. The van der Waals surface area contributed by atoms with Crippen molar-refractivity contribution < 1.29 is 9.18 Å². The minimum atomic E-state index is -0.613. The summed E-state index contributed by atoms with van der Waals surface area (Å²) in [4.78, 5) is 12.1. The quantitative estimate of drug-likeness (QED) is 0.927. The Morgan fingerprint density at radius 2 is 1.95 bits per heavy atom. The Morgan fingerprint density at radius 1 is 1.25 bits per heavy atom. The van der Waals surface area contributed by atoms with E-state index in [1.165, 1.54) is 12.1 Å². The zero-order chi connectivity index (χ0) is 14.5. The lowest BCUT2D eigenvalue weighted by Gasteiger charge is -2.13. The van der Waals surface area contributed by atoms with Gasteiger partial charge in [-0.15, -0.1) is 0 Å². The zero-order valence-electron chi connectivity index (χ0n) is 10.9. The second-order valence-corrected chi connectivity index (χ2v) is 4.43. The van der Waals surface area contributed by atoms with Crippen LogP contribution >= 0.6 is 0 Å². The Morgan fingerprint density at radius 3 is 2.55 bits per heavy atom. The fourth-order valence-corrected chi connectivity index (χ4v) is 1.82. The lowest BCUT2D eigenvalue weighted by molar-refractivity contribution is -0.117. The largest absolute Gasteiger partial charge is 0.323 e. The number of nitriles is 1. The summed E-state index contributed by atoms with van der Waals surface area (Å²) in [5, 5.41) is 11.2. The third-order valence-corrected chi connectivity index (χ3v) is 3.05. The van der Waals surface area contributed by atoms with Crippen molar-refractivity contribution in [2.24, 2.45) is 0 Å². The lowest BCUT2D eigenvalue weighted by Crippen LogP contribution is -2.19. The first-order chi connectivity index (χ1) is 9.61. The number of carbonyl (C=O) groups excluding carboxylic acids is 1. The van der Waals surface area contributed by atoms with Gasteiger partial charge < -0.3 is 5.32 Å². The van der Waals surface area contributed by atoms with Crippen molar-refractivity contribution in [2.75, 3.05) is 5.32 Å². The van der Waals surface area contributed by atoms with E-state index in [4.69, 9.17) is 5.26 Å². The van der Waals surface area contributed by atoms with E-state index in [-0.39, 0.29) is 23.1 Å². The summed E-state index contributed by atoms with van der Waals surface area (Å²) in [7, 11) is 0. The van der Waals surface area contributed by atoms with Gasteiger partial charge in [-0.3, -0.25) is 4.79 Å². The van der Waals surface area contributed by atoms with Crippen LogP contribution in [-0.4, -0.2) is 5.91 Å². The van der Waals surface area contributed by atoms with Gasteiger partial charge in [-0.05, 0) is 30.7 Å². The Balaban J connectivity index is 2.14. The molecule has 20 heavy (non-hydrogen) atoms. The fourth-order valence-electron chi connectivity index (χ4n) is 1.82. The number of amides is 1. The molecule has 1 unspecified atom stereocenters. The highest BCUT2D eigenvalue weighted by Gasteiger charge is 2.16. The van der Waals surface area contributed by atoms with Crippen LogP contribution in [0.1, 0.15) is 24.0 Å². The predicted octanol–water partition coefficient (Wildman–Crippen LogP) is 3.44. The Hall–Kier alpha value is -2.67. The maximum atomic E-state index is 13.7. The molecule has 3 nitrogen and oxygen atoms in total. The molecule has 0 fully saturated rings. The van der Waals surface area contributed by atoms with E-state index >= 15 is 0 Å². The number of nitrogens with one attached hydrogen (secondary N) is 1. The topological polar surface area (TPSA) is 52.9 Å². The molecule has 100 valence electrons. The second kappa shape index (κ2) is 5.98. The van der Waals surface area contributed by atoms with Crippen molar-refractivity contribution in [3.05, 3.63) is 65.5 Å². The SMILES string of the molecule is CC(C(=O)Nc1ccc(C#N)cc1F)c1ccccc1. The molecule has 2 aromatic rings. The first kappa shape index (κ1) is 13.8. The maximum absolute atomic E-state index is 13.7. The van der Waals surface area contributed by atoms with Crippen molar-refractivity contribution in [3.63, 3.8) is 0 Å². The van der Waals surface area contributed by atoms with E-state index in [0.717, 1.165) is 11.6 Å². The van der Waals surface area contributed by atoms with Gasteiger partial charge in [0.05, 0.1) is 23.2 Å². The van der Waals surface area contributed by atoms with E-state index in [1.54, 1.807) is 6.92 Å². The number of carbonyl (C=O) groups is 1. The van der Waals surface area contributed by atoms with Crippen molar-refractivity contribution in [2.45, 2.75) is 12.8 Å². The molecule has 1 amide bonds. The number of nitrogens with zero attached hydrogens (tertiary/aromatic N) is 1. The Bertz CT molecular complexity index is 662. The van der Waals surface area contributed by atoms with Gasteiger partial charge in [-0.25, -0.2) is 4.39 Å². The number of anilines is 1. The highest BCUT2D eigenvalue weighted by atomic mass is 19.1. The molecule has 2 aromatic carbocycles. The number of rotatable bonds is 3. The van der Waals surface area contributed by atoms with Gasteiger partial charge in [0.15, 0.2) is 0 Å². The van der Waals surface area contributed by atoms with Gasteiger partial charge in [0.2, 0.25) is 5.91 Å². The van der Waals surface area contributed by atoms with Crippen molar-refractivity contribution >= 4 is 11.6 Å². The summed E-state index contributed by atoms with van der Waals surface area (Å²) in [5.74, 6) is -1.29. The van der Waals surface area contributed by atoms with Crippen molar-refractivity contribution in [1.29, 1.82) is 5.26 Å². The van der Waals surface area contributed by atoms with Gasteiger partial charge >= 0.3 is 0 Å². The first-order valence-corrected chi connectivity index (χ1v) is 6.17. The highest BCUT2D eigenvalue weighted by molar-refractivity contribution is 5.95. The number of hydrogen-bond donors (Lipinski definition) is 1. The van der Waals surface area contributed by atoms with Gasteiger partial charge in [0.25, 0.3) is 0 Å². The molecule has 0 spiro atoms. The van der Waals surface area contributed by atoms with E-state index in [9.17, 15) is 9.18 Å². The predicted molar refractivity (Wildman–Crippen MR) is 74.6 cm³/mol. The monoisotopic (exact) mass is 268 g/mol. The van der Waals surface area contributed by atoms with Crippen LogP contribution in [0, 0.1) is 17.1 Å². The van der Waals surface area contributed by atoms with Crippen LogP contribution in [0.3, 0.4) is 0 Å². The molecular weight excluding hydrogens is 255 g/mol. The zero-order valence-corrected chi connectivity index (χ0v) is 10.9. The summed E-state index contributed by atoms with van der Waals surface area (Å²) in [6, 6.07) is 15.1. The van der Waals surface area contributed by atoms with Crippen LogP contribution in [0.25, 0.3) is 0 Å². The normalized spacial score (nSPS) is 11.4. The third-order valence-electron chi connectivity index (χ3n) is 3.05. The van der Waals surface area contributed by atoms with E-state index in [2.05, 4.69) is 5.32 Å². The Labute approximate surface area is 116 Å². The molecule has 1 atom stereocenters. The first-order valence-electron chi connectivity index (χ1n) is 6.17. The fraction of sp³-hybridized carbons (Fsp3) is 0.125. The van der Waals surface area contributed by atoms with E-state index in [1.807, 2.05) is 36.4 Å². The molecule has 1 N–H and O–H groups in total. The van der Waals surface area contributed by atoms with Crippen LogP contribution in [0.2, 0.25) is 0 Å². The summed E-state index contributed by atoms with van der Waals surface area (Å²) < 4.78 is 13.7. The number of halogens is 1. The minimum Gasteiger partial charge on any atom is -0.323 e. The average molecular weight is 268 g/mol. The van der Waals surface area contributed by atoms with Crippen LogP contribution in [0.5, 0.6) is 0 Å². The molecule has 0 saturated carbocycles. The molecule has 4 heteroatoms. The summed E-state index contributed by atoms with van der Waals surface area (Å²) in [6.07, 6.45) is 0. The average Bonchev–Trinajstić information content (AvgIpc) is 2.49. The molecule has 0 aliphatic heterocycles. The second-order valence-electron chi connectivity index (χ2n) is 4.43. The van der Waals surface area contributed by atoms with Crippen molar-refractivity contribution in [1.82, 2.24) is 0 Å². The molecule has 0 aliphatic rings. The molecule has 0 aromatic heterocycles. The van der Waals surface area contributed by atoms with Gasteiger partial charge in [-0.2, -0.15) is 5.26 Å². The van der Waals surface area contributed by atoms with Crippen LogP contribution < -0.4 is 5.32 Å². The smallest absolute Gasteiger partial charge is 0.231 e. The number of benzene rings is 2. The maximum Gasteiger partial charge on any atom is 0.231 e. The molecule has 2 rings (SSSR count). The van der Waals surface area contributed by atoms with Gasteiger partial charge in [0, 0.05) is 0 Å². The molecule has 0 heterocycles. The van der Waals surface area contributed by atoms with Crippen LogP contribution in [-0.2, 0) is 4.79 Å². The molecule has 0 radical (unpaired) electrons. The highest BCUT2D eigenvalue weighted by Crippen LogP contribution is 2.20. The molecule has 0 bridgehead atoms. The van der Waals surface area contributed by atoms with Crippen LogP contribution in [0.4, 0.5) is 10.1 Å². The summed E-state index contributed by atoms with van der Waals surface area (Å²) >= 11 is 0. The minimum absolute atomic E-state index is 0.0804. The lowest BCUT2D eigenvalue weighted by atomic mass is 10.0. The summed E-state index contributed by atoms with van der Waals surface area (Å²) in [5.41, 5.74) is 1.16. The van der Waals surface area contributed by atoms with Crippen LogP contribution in [0.15, 0.2) is 48.5 Å². The van der Waals surface area contributed by atoms with Gasteiger partial charge in [-0.1, -0.05) is 30.3 Å². The standard InChI is InChI=1S/C16H13FN2O/c1-11(13-5-3-2-4-6-13)16(20)19-15-8-7-12(10-18)9-14(15)17/h2-9,11H,1H3,(H,19,20). The third kappa shape index (κ3) is 3.01. The van der Waals surface area contributed by atoms with E-state index < -0.39 is 5.82 Å². The van der Waals surface area contributed by atoms with E-state index in [0.29, 0.717) is 0 Å². The molecule has 0 aliphatic carbocycles. The molecule has 0 saturated heterocycles. The molecular formula is C16H13FN2O. The van der Waals surface area contributed by atoms with Gasteiger partial charge in [0.1, 0.15) is 5.82 Å². The number of hydrogen-bond acceptors (Lipinski definition) is 2.